The second kappa shape index (κ2) is 4.50. The minimum Gasteiger partial charge on any atom is -0.462 e. The summed E-state index contributed by atoms with van der Waals surface area (Å²) in [5.74, 6) is 2.18. The smallest absolute Gasteiger partial charge is 0.163 e. The van der Waals surface area contributed by atoms with Gasteiger partial charge in [-0.25, -0.2) is 0 Å². The van der Waals surface area contributed by atoms with Crippen LogP contribution in [-0.2, 0) is 9.47 Å². The maximum Gasteiger partial charge on any atom is 0.163 e. The van der Waals surface area contributed by atoms with Crippen LogP contribution in [0.3, 0.4) is 0 Å². The molecule has 3 heteroatoms. The molecule has 0 amide bonds. The second-order valence-electron chi connectivity index (χ2n) is 3.63. The lowest BCUT2D eigenvalue weighted by atomic mass is 10.2. The van der Waals surface area contributed by atoms with Gasteiger partial charge in [0.1, 0.15) is 6.11 Å². The van der Waals surface area contributed by atoms with E-state index in [-0.39, 0.29) is 6.10 Å². The number of ether oxygens (including phenoxy) is 2. The van der Waals surface area contributed by atoms with Gasteiger partial charge in [-0.1, -0.05) is 5.92 Å². The maximum absolute atomic E-state index is 8.22. The van der Waals surface area contributed by atoms with Crippen molar-refractivity contribution in [3.63, 3.8) is 0 Å². The van der Waals surface area contributed by atoms with Gasteiger partial charge in [0.05, 0.1) is 12.7 Å². The average Bonchev–Trinajstić information content (AvgIpc) is 2.40. The van der Waals surface area contributed by atoms with Gasteiger partial charge in [0.15, 0.2) is 5.79 Å². The number of hydrogen-bond donors (Lipinski definition) is 1. The Hall–Kier alpha value is -0.720. The molecule has 1 aliphatic rings. The Morgan fingerprint density at radius 2 is 2.31 bits per heavy atom. The van der Waals surface area contributed by atoms with Crippen molar-refractivity contribution in [2.75, 3.05) is 6.61 Å². The molecule has 74 valence electrons. The van der Waals surface area contributed by atoms with Gasteiger partial charge in [-0.2, -0.15) is 0 Å². The van der Waals surface area contributed by atoms with Crippen molar-refractivity contribution < 1.29 is 14.6 Å². The fourth-order valence-electron chi connectivity index (χ4n) is 1.38. The van der Waals surface area contributed by atoms with E-state index in [1.807, 2.05) is 20.0 Å². The standard InChI is InChI=1S/C10H16O3/c1-10(2)12-8-9(13-10)6-4-3-5-7-11/h9,11H,3-4,6,8H2,1-2H3. The van der Waals surface area contributed by atoms with Crippen molar-refractivity contribution in [3.8, 4) is 12.0 Å². The summed E-state index contributed by atoms with van der Waals surface area (Å²) in [5, 5.41) is 8.22. The van der Waals surface area contributed by atoms with Crippen LogP contribution in [0.15, 0.2) is 0 Å². The van der Waals surface area contributed by atoms with E-state index in [1.54, 1.807) is 0 Å². The summed E-state index contributed by atoms with van der Waals surface area (Å²) in [6, 6.07) is 0. The molecule has 0 aliphatic carbocycles. The molecule has 0 radical (unpaired) electrons. The Morgan fingerprint density at radius 1 is 1.54 bits per heavy atom. The topological polar surface area (TPSA) is 38.7 Å². The van der Waals surface area contributed by atoms with E-state index in [2.05, 4.69) is 5.92 Å². The Kier molecular flexibility index (Phi) is 3.58. The van der Waals surface area contributed by atoms with Crippen LogP contribution >= 0.6 is 0 Å². The third kappa shape index (κ3) is 3.67. The molecule has 0 saturated carbocycles. The molecule has 0 aromatic carbocycles. The zero-order valence-electron chi connectivity index (χ0n) is 8.17. The quantitative estimate of drug-likeness (QED) is 0.535. The van der Waals surface area contributed by atoms with Gasteiger partial charge in [0.2, 0.25) is 0 Å². The van der Waals surface area contributed by atoms with E-state index in [9.17, 15) is 0 Å². The third-order valence-electron chi connectivity index (χ3n) is 1.97. The van der Waals surface area contributed by atoms with Crippen LogP contribution < -0.4 is 0 Å². The predicted molar refractivity (Wildman–Crippen MR) is 48.5 cm³/mol. The first kappa shape index (κ1) is 10.4. The molecule has 1 aliphatic heterocycles. The first-order chi connectivity index (χ1) is 6.14. The Labute approximate surface area is 79.0 Å². The van der Waals surface area contributed by atoms with Crippen molar-refractivity contribution in [1.29, 1.82) is 0 Å². The minimum absolute atomic E-state index is 0.190. The summed E-state index contributed by atoms with van der Waals surface area (Å²) >= 11 is 0. The Bertz CT molecular complexity index is 212. The van der Waals surface area contributed by atoms with E-state index in [0.29, 0.717) is 6.61 Å². The van der Waals surface area contributed by atoms with Crippen molar-refractivity contribution in [2.24, 2.45) is 0 Å². The monoisotopic (exact) mass is 184 g/mol. The molecular formula is C10H16O3. The Morgan fingerprint density at radius 3 is 2.85 bits per heavy atom. The zero-order valence-corrected chi connectivity index (χ0v) is 8.17. The van der Waals surface area contributed by atoms with E-state index in [0.717, 1.165) is 19.3 Å². The molecule has 0 spiro atoms. The van der Waals surface area contributed by atoms with Crippen LogP contribution in [0.4, 0.5) is 0 Å². The lowest BCUT2D eigenvalue weighted by Crippen LogP contribution is -2.21. The van der Waals surface area contributed by atoms with Crippen molar-refractivity contribution >= 4 is 0 Å². The molecule has 1 N–H and O–H groups in total. The first-order valence-electron chi connectivity index (χ1n) is 4.58. The number of aliphatic hydroxyl groups is 1. The van der Waals surface area contributed by atoms with Crippen LogP contribution in [0.2, 0.25) is 0 Å². The van der Waals surface area contributed by atoms with E-state index >= 15 is 0 Å². The van der Waals surface area contributed by atoms with Crippen LogP contribution in [0.25, 0.3) is 0 Å². The van der Waals surface area contributed by atoms with Gasteiger partial charge in [-0.05, 0) is 26.7 Å². The lowest BCUT2D eigenvalue weighted by Gasteiger charge is -2.16. The molecule has 3 nitrogen and oxygen atoms in total. The number of aliphatic hydroxyl groups excluding tert-OH is 1. The van der Waals surface area contributed by atoms with Crippen molar-refractivity contribution in [3.05, 3.63) is 0 Å². The largest absolute Gasteiger partial charge is 0.462 e. The lowest BCUT2D eigenvalue weighted by molar-refractivity contribution is -0.139. The maximum atomic E-state index is 8.22. The predicted octanol–water partition coefficient (Wildman–Crippen LogP) is 1.64. The minimum atomic E-state index is -0.423. The fourth-order valence-corrected chi connectivity index (χ4v) is 1.38. The molecule has 1 fully saturated rings. The van der Waals surface area contributed by atoms with E-state index in [4.69, 9.17) is 14.6 Å². The number of unbranched alkanes of at least 4 members (excludes halogenated alkanes) is 1. The summed E-state index contributed by atoms with van der Waals surface area (Å²) in [5.41, 5.74) is 0. The summed E-state index contributed by atoms with van der Waals surface area (Å²) < 4.78 is 11.0. The van der Waals surface area contributed by atoms with Gasteiger partial charge in [0.25, 0.3) is 0 Å². The fraction of sp³-hybridized carbons (Fsp3) is 0.800. The van der Waals surface area contributed by atoms with Gasteiger partial charge >= 0.3 is 0 Å². The molecule has 1 rings (SSSR count). The third-order valence-corrected chi connectivity index (χ3v) is 1.97. The van der Waals surface area contributed by atoms with Gasteiger partial charge < -0.3 is 14.6 Å². The van der Waals surface area contributed by atoms with Crippen LogP contribution in [0.5, 0.6) is 0 Å². The molecule has 1 saturated heterocycles. The highest BCUT2D eigenvalue weighted by Gasteiger charge is 2.31. The summed E-state index contributed by atoms with van der Waals surface area (Å²) in [7, 11) is 0. The molecular weight excluding hydrogens is 168 g/mol. The molecule has 0 aromatic heterocycles. The van der Waals surface area contributed by atoms with Crippen LogP contribution in [0, 0.1) is 12.0 Å². The SMILES string of the molecule is CC1(C)OCC(CCCC#CO)O1. The zero-order chi connectivity index (χ0) is 9.73. The molecule has 13 heavy (non-hydrogen) atoms. The van der Waals surface area contributed by atoms with Crippen molar-refractivity contribution in [2.45, 2.75) is 45.0 Å². The summed E-state index contributed by atoms with van der Waals surface area (Å²) in [6.07, 6.45) is 4.68. The highest BCUT2D eigenvalue weighted by Crippen LogP contribution is 2.24. The molecule has 1 heterocycles. The molecule has 0 bridgehead atoms. The Balaban J connectivity index is 2.13. The van der Waals surface area contributed by atoms with Crippen LogP contribution in [-0.4, -0.2) is 23.6 Å². The highest BCUT2D eigenvalue weighted by atomic mass is 16.7. The molecule has 0 aromatic rings. The normalized spacial score (nSPS) is 25.2. The summed E-state index contributed by atoms with van der Waals surface area (Å²) in [6.45, 7) is 4.50. The molecule has 1 unspecified atom stereocenters. The average molecular weight is 184 g/mol. The summed E-state index contributed by atoms with van der Waals surface area (Å²) in [4.78, 5) is 0. The van der Waals surface area contributed by atoms with Crippen molar-refractivity contribution in [1.82, 2.24) is 0 Å². The van der Waals surface area contributed by atoms with Gasteiger partial charge in [-0.15, -0.1) is 0 Å². The van der Waals surface area contributed by atoms with Gasteiger partial charge in [0, 0.05) is 6.42 Å². The van der Waals surface area contributed by atoms with Crippen LogP contribution in [0.1, 0.15) is 33.1 Å². The van der Waals surface area contributed by atoms with Gasteiger partial charge in [-0.3, -0.25) is 0 Å². The molecule has 1 atom stereocenters. The second-order valence-corrected chi connectivity index (χ2v) is 3.63. The number of hydrogen-bond acceptors (Lipinski definition) is 3. The van der Waals surface area contributed by atoms with E-state index in [1.165, 1.54) is 0 Å². The first-order valence-corrected chi connectivity index (χ1v) is 4.58. The number of rotatable bonds is 3. The van der Waals surface area contributed by atoms with E-state index < -0.39 is 5.79 Å². The highest BCUT2D eigenvalue weighted by molar-refractivity contribution is 4.89.